The summed E-state index contributed by atoms with van der Waals surface area (Å²) in [5, 5.41) is 15.0. The monoisotopic (exact) mass is 491 g/mol. The number of aliphatic hydroxyl groups is 1. The minimum absolute atomic E-state index is 0.107. The van der Waals surface area contributed by atoms with Crippen LogP contribution in [0.4, 0.5) is 0 Å². The molecule has 192 valence electrons. The molecule has 4 aliphatic rings. The molecule has 6 rings (SSSR count). The van der Waals surface area contributed by atoms with Crippen LogP contribution in [0.15, 0.2) is 60.7 Å². The minimum Gasteiger partial charge on any atom is -0.453 e. The summed E-state index contributed by atoms with van der Waals surface area (Å²) in [6.45, 7) is 3.73. The van der Waals surface area contributed by atoms with Crippen LogP contribution in [0.25, 0.3) is 0 Å². The van der Waals surface area contributed by atoms with Crippen LogP contribution in [-0.4, -0.2) is 60.3 Å². The van der Waals surface area contributed by atoms with Gasteiger partial charge in [0.1, 0.15) is 6.54 Å². The lowest BCUT2D eigenvalue weighted by atomic mass is 9.82. The van der Waals surface area contributed by atoms with Crippen molar-refractivity contribution in [3.63, 3.8) is 0 Å². The standard InChI is InChI=1S/C30H38N2O4/c33-28(31-20-23-10-4-1-5-11-23)22-32-18-16-24(17-19-32)27(21-32)36-29(34)30(35,25-12-6-2-7-13-25)26-14-8-3-9-15-26/h2-3,6-9,12-15,23-24,27,35H,1,4-5,10-11,16-22H2/p+1. The molecule has 6 nitrogen and oxygen atoms in total. The summed E-state index contributed by atoms with van der Waals surface area (Å²) in [6, 6.07) is 18.0. The first-order valence-corrected chi connectivity index (χ1v) is 13.6. The van der Waals surface area contributed by atoms with E-state index in [0.29, 0.717) is 34.6 Å². The molecule has 1 saturated carbocycles. The molecule has 2 bridgehead atoms. The predicted octanol–water partition coefficient (Wildman–Crippen LogP) is 3.77. The summed E-state index contributed by atoms with van der Waals surface area (Å²) in [7, 11) is 0. The molecule has 6 heteroatoms. The number of carbonyl (C=O) groups excluding carboxylic acids is 2. The number of hydrogen-bond donors (Lipinski definition) is 2. The Kier molecular flexibility index (Phi) is 7.44. The molecule has 1 aliphatic carbocycles. The molecular weight excluding hydrogens is 452 g/mol. The number of benzene rings is 2. The number of ether oxygens (including phenoxy) is 1. The summed E-state index contributed by atoms with van der Waals surface area (Å²) in [5.74, 6) is 0.349. The first-order chi connectivity index (χ1) is 17.5. The van der Waals surface area contributed by atoms with Crippen LogP contribution >= 0.6 is 0 Å². The average Bonchev–Trinajstić information content (AvgIpc) is 2.93. The second-order valence-corrected chi connectivity index (χ2v) is 11.2. The zero-order chi connectivity index (χ0) is 25.0. The smallest absolute Gasteiger partial charge is 0.348 e. The first-order valence-electron chi connectivity index (χ1n) is 13.6. The highest BCUT2D eigenvalue weighted by Gasteiger charge is 2.51. The maximum Gasteiger partial charge on any atom is 0.348 e. The van der Waals surface area contributed by atoms with Crippen molar-refractivity contribution in [3.8, 4) is 0 Å². The second kappa shape index (κ2) is 10.7. The van der Waals surface area contributed by atoms with Gasteiger partial charge in [0.05, 0.1) is 13.1 Å². The third-order valence-electron chi connectivity index (χ3n) is 8.77. The lowest BCUT2D eigenvalue weighted by Gasteiger charge is -2.51. The zero-order valence-electron chi connectivity index (χ0n) is 21.1. The Hall–Kier alpha value is -2.70. The molecule has 1 amide bonds. The molecule has 0 aromatic heterocycles. The largest absolute Gasteiger partial charge is 0.453 e. The van der Waals surface area contributed by atoms with Gasteiger partial charge in [0.15, 0.2) is 12.6 Å². The minimum atomic E-state index is -1.88. The SMILES string of the molecule is O=C(C[N+]12CCC(CC1)C(OC(=O)C(O)(c1ccccc1)c1ccccc1)C2)NCC1CCCCC1. The van der Waals surface area contributed by atoms with Gasteiger partial charge >= 0.3 is 5.97 Å². The van der Waals surface area contributed by atoms with Crippen LogP contribution in [0.5, 0.6) is 0 Å². The van der Waals surface area contributed by atoms with E-state index in [1.807, 2.05) is 36.4 Å². The van der Waals surface area contributed by atoms with Crippen molar-refractivity contribution in [1.29, 1.82) is 0 Å². The summed E-state index contributed by atoms with van der Waals surface area (Å²) in [6.07, 6.45) is 7.85. The van der Waals surface area contributed by atoms with E-state index in [1.54, 1.807) is 24.3 Å². The highest BCUT2D eigenvalue weighted by atomic mass is 16.6. The number of carbonyl (C=O) groups is 2. The van der Waals surface area contributed by atoms with Crippen LogP contribution in [0.3, 0.4) is 0 Å². The lowest BCUT2D eigenvalue weighted by Crippen LogP contribution is -2.67. The summed E-state index contributed by atoms with van der Waals surface area (Å²) >= 11 is 0. The van der Waals surface area contributed by atoms with Crippen molar-refractivity contribution >= 4 is 11.9 Å². The van der Waals surface area contributed by atoms with Crippen molar-refractivity contribution in [2.75, 3.05) is 32.7 Å². The molecule has 3 heterocycles. The molecule has 2 aromatic rings. The number of piperidine rings is 3. The molecule has 36 heavy (non-hydrogen) atoms. The fourth-order valence-electron chi connectivity index (χ4n) is 6.57. The summed E-state index contributed by atoms with van der Waals surface area (Å²) in [5.41, 5.74) is -0.890. The molecule has 0 radical (unpaired) electrons. The Morgan fingerprint density at radius 3 is 2.06 bits per heavy atom. The molecule has 1 atom stereocenters. The zero-order valence-corrected chi connectivity index (χ0v) is 21.1. The van der Waals surface area contributed by atoms with E-state index >= 15 is 0 Å². The molecule has 1 unspecified atom stereocenters. The van der Waals surface area contributed by atoms with Gasteiger partial charge in [0.2, 0.25) is 5.60 Å². The van der Waals surface area contributed by atoms with Crippen molar-refractivity contribution in [2.24, 2.45) is 11.8 Å². The first kappa shape index (κ1) is 25.0. The third kappa shape index (κ3) is 5.21. The van der Waals surface area contributed by atoms with E-state index in [2.05, 4.69) is 5.32 Å². The number of amides is 1. The number of fused-ring (bicyclic) bond motifs is 3. The van der Waals surface area contributed by atoms with Gasteiger partial charge in [0.25, 0.3) is 5.91 Å². The lowest BCUT2D eigenvalue weighted by molar-refractivity contribution is -0.939. The Labute approximate surface area is 214 Å². The van der Waals surface area contributed by atoms with Crippen LogP contribution in [0, 0.1) is 11.8 Å². The number of hydrogen-bond acceptors (Lipinski definition) is 4. The second-order valence-electron chi connectivity index (χ2n) is 11.2. The third-order valence-corrected chi connectivity index (χ3v) is 8.77. The van der Waals surface area contributed by atoms with Crippen molar-refractivity contribution in [1.82, 2.24) is 5.32 Å². The fraction of sp³-hybridized carbons (Fsp3) is 0.533. The number of quaternary nitrogens is 1. The van der Waals surface area contributed by atoms with E-state index in [1.165, 1.54) is 32.1 Å². The molecule has 2 aromatic carbocycles. The normalized spacial score (nSPS) is 26.4. The Bertz CT molecular complexity index is 988. The number of rotatable bonds is 8. The maximum atomic E-state index is 13.7. The van der Waals surface area contributed by atoms with Gasteiger partial charge < -0.3 is 19.6 Å². The summed E-state index contributed by atoms with van der Waals surface area (Å²) in [4.78, 5) is 26.6. The van der Waals surface area contributed by atoms with Gasteiger partial charge in [-0.05, 0) is 29.9 Å². The van der Waals surface area contributed by atoms with Crippen molar-refractivity contribution in [2.45, 2.75) is 56.7 Å². The quantitative estimate of drug-likeness (QED) is 0.435. The maximum absolute atomic E-state index is 13.7. The molecule has 3 saturated heterocycles. The van der Waals surface area contributed by atoms with Crippen molar-refractivity contribution in [3.05, 3.63) is 71.8 Å². The van der Waals surface area contributed by atoms with Gasteiger partial charge in [0, 0.05) is 25.3 Å². The van der Waals surface area contributed by atoms with Crippen LogP contribution in [-0.2, 0) is 19.9 Å². The highest BCUT2D eigenvalue weighted by Crippen LogP contribution is 2.38. The van der Waals surface area contributed by atoms with Crippen LogP contribution in [0.1, 0.15) is 56.1 Å². The average molecular weight is 492 g/mol. The predicted molar refractivity (Wildman–Crippen MR) is 138 cm³/mol. The molecular formula is C30H39N2O4+. The Balaban J connectivity index is 1.27. The Morgan fingerprint density at radius 2 is 1.47 bits per heavy atom. The molecule has 4 fully saturated rings. The van der Waals surface area contributed by atoms with Crippen LogP contribution in [0.2, 0.25) is 0 Å². The van der Waals surface area contributed by atoms with E-state index in [9.17, 15) is 14.7 Å². The Morgan fingerprint density at radius 1 is 0.889 bits per heavy atom. The van der Waals surface area contributed by atoms with Gasteiger partial charge in [-0.2, -0.15) is 0 Å². The highest BCUT2D eigenvalue weighted by molar-refractivity contribution is 5.85. The van der Waals surface area contributed by atoms with Crippen molar-refractivity contribution < 1.29 is 23.9 Å². The number of esters is 1. The van der Waals surface area contributed by atoms with E-state index in [-0.39, 0.29) is 17.9 Å². The fourth-order valence-corrected chi connectivity index (χ4v) is 6.57. The van der Waals surface area contributed by atoms with E-state index in [0.717, 1.165) is 32.5 Å². The van der Waals surface area contributed by atoms with Gasteiger partial charge in [-0.3, -0.25) is 4.79 Å². The van der Waals surface area contributed by atoms with Crippen LogP contribution < -0.4 is 5.32 Å². The molecule has 2 N–H and O–H groups in total. The van der Waals surface area contributed by atoms with E-state index < -0.39 is 11.6 Å². The van der Waals surface area contributed by atoms with Gasteiger partial charge in [-0.25, -0.2) is 4.79 Å². The van der Waals surface area contributed by atoms with E-state index in [4.69, 9.17) is 4.74 Å². The number of nitrogens with one attached hydrogen (secondary N) is 1. The molecule has 3 aliphatic heterocycles. The topological polar surface area (TPSA) is 75.6 Å². The van der Waals surface area contributed by atoms with Gasteiger partial charge in [-0.1, -0.05) is 79.9 Å². The number of nitrogens with zero attached hydrogens (tertiary/aromatic N) is 1. The molecule has 0 spiro atoms. The summed E-state index contributed by atoms with van der Waals surface area (Å²) < 4.78 is 6.79. The van der Waals surface area contributed by atoms with Gasteiger partial charge in [-0.15, -0.1) is 0 Å².